The Bertz CT molecular complexity index is 1250. The van der Waals surface area contributed by atoms with Crippen LogP contribution in [-0.2, 0) is 9.53 Å². The molecule has 9 heteroatoms. The number of ether oxygens (including phenoxy) is 1. The van der Waals surface area contributed by atoms with Crippen LogP contribution in [0.15, 0.2) is 36.5 Å². The van der Waals surface area contributed by atoms with Crippen molar-refractivity contribution >= 4 is 17.5 Å². The zero-order chi connectivity index (χ0) is 24.1. The molecule has 1 aromatic carbocycles. The van der Waals surface area contributed by atoms with Crippen LogP contribution in [0.1, 0.15) is 49.7 Å². The lowest BCUT2D eigenvalue weighted by Crippen LogP contribution is -2.53. The fourth-order valence-corrected chi connectivity index (χ4v) is 4.59. The molecule has 8 nitrogen and oxygen atoms in total. The van der Waals surface area contributed by atoms with Gasteiger partial charge in [-0.1, -0.05) is 27.7 Å². The summed E-state index contributed by atoms with van der Waals surface area (Å²) in [5.41, 5.74) is 3.33. The molecule has 0 N–H and O–H groups in total. The molecule has 0 radical (unpaired) electrons. The highest BCUT2D eigenvalue weighted by molar-refractivity contribution is 5.93. The van der Waals surface area contributed by atoms with Crippen molar-refractivity contribution in [2.45, 2.75) is 45.9 Å². The lowest BCUT2D eigenvalue weighted by molar-refractivity contribution is -0.132. The minimum atomic E-state index is -0.460. The van der Waals surface area contributed by atoms with Crippen molar-refractivity contribution in [1.29, 1.82) is 0 Å². The van der Waals surface area contributed by atoms with Crippen molar-refractivity contribution in [3.05, 3.63) is 53.6 Å². The summed E-state index contributed by atoms with van der Waals surface area (Å²) in [6.07, 6.45) is 0.752. The van der Waals surface area contributed by atoms with Crippen molar-refractivity contribution in [2.75, 3.05) is 19.6 Å². The number of piperazine rings is 1. The van der Waals surface area contributed by atoms with Crippen LogP contribution in [0.25, 0.3) is 16.9 Å². The number of benzene rings is 1. The fourth-order valence-electron chi connectivity index (χ4n) is 4.59. The van der Waals surface area contributed by atoms with Crippen LogP contribution < -0.4 is 0 Å². The molecule has 2 atom stereocenters. The molecule has 2 aliphatic heterocycles. The van der Waals surface area contributed by atoms with Crippen LogP contribution in [0.4, 0.5) is 4.39 Å². The van der Waals surface area contributed by atoms with Crippen molar-refractivity contribution < 1.29 is 18.7 Å². The Labute approximate surface area is 197 Å². The van der Waals surface area contributed by atoms with Gasteiger partial charge in [-0.15, -0.1) is 0 Å². The first-order chi connectivity index (χ1) is 16.2. The summed E-state index contributed by atoms with van der Waals surface area (Å²) in [6, 6.07) is 8.11. The molecule has 5 rings (SSSR count). The van der Waals surface area contributed by atoms with Crippen LogP contribution in [0.2, 0.25) is 0 Å². The van der Waals surface area contributed by atoms with E-state index in [9.17, 15) is 14.0 Å². The van der Waals surface area contributed by atoms with E-state index in [4.69, 9.17) is 4.74 Å². The number of carbonyl (C=O) groups excluding carboxylic acids is 2. The lowest BCUT2D eigenvalue weighted by Gasteiger charge is -2.35. The van der Waals surface area contributed by atoms with Gasteiger partial charge in [-0.2, -0.15) is 5.10 Å². The second kappa shape index (κ2) is 8.47. The fraction of sp³-hybridized carbons (Fsp3) is 0.440. The normalized spacial score (nSPS) is 20.6. The summed E-state index contributed by atoms with van der Waals surface area (Å²) in [6.45, 7) is 9.20. The minimum absolute atomic E-state index is 0.000994. The van der Waals surface area contributed by atoms with Gasteiger partial charge in [0.1, 0.15) is 17.6 Å². The minimum Gasteiger partial charge on any atom is -0.343 e. The van der Waals surface area contributed by atoms with Gasteiger partial charge in [-0.3, -0.25) is 9.59 Å². The first-order valence-corrected chi connectivity index (χ1v) is 11.6. The van der Waals surface area contributed by atoms with Crippen molar-refractivity contribution in [2.24, 2.45) is 5.92 Å². The molecule has 4 heterocycles. The van der Waals surface area contributed by atoms with E-state index in [0.717, 1.165) is 11.1 Å². The summed E-state index contributed by atoms with van der Waals surface area (Å²) in [7, 11) is 0. The summed E-state index contributed by atoms with van der Waals surface area (Å²) < 4.78 is 21.0. The number of imidazole rings is 1. The third-order valence-corrected chi connectivity index (χ3v) is 6.49. The van der Waals surface area contributed by atoms with Crippen LogP contribution in [-0.4, -0.2) is 68.2 Å². The monoisotopic (exact) mass is 465 g/mol. The Morgan fingerprint density at radius 3 is 2.56 bits per heavy atom. The van der Waals surface area contributed by atoms with E-state index in [1.165, 1.54) is 12.1 Å². The summed E-state index contributed by atoms with van der Waals surface area (Å²) in [4.78, 5) is 34.0. The van der Waals surface area contributed by atoms with E-state index >= 15 is 0 Å². The SMILES string of the molecule is CC(C)c1cc(-c2ccc(F)cc2)nn2cc(C(=O)N3CCN4C(=O)[C@@H](C(C)C)O[C@H]4C3)nc12. The zero-order valence-corrected chi connectivity index (χ0v) is 19.7. The maximum Gasteiger partial charge on any atom is 0.274 e. The summed E-state index contributed by atoms with van der Waals surface area (Å²) >= 11 is 0. The quantitative estimate of drug-likeness (QED) is 0.591. The van der Waals surface area contributed by atoms with E-state index in [2.05, 4.69) is 23.9 Å². The number of carbonyl (C=O) groups is 2. The predicted octanol–water partition coefficient (Wildman–Crippen LogP) is 3.32. The van der Waals surface area contributed by atoms with Gasteiger partial charge in [0.2, 0.25) is 0 Å². The van der Waals surface area contributed by atoms with Gasteiger partial charge in [0.15, 0.2) is 11.9 Å². The first-order valence-electron chi connectivity index (χ1n) is 11.6. The largest absolute Gasteiger partial charge is 0.343 e. The van der Waals surface area contributed by atoms with Gasteiger partial charge >= 0.3 is 0 Å². The Morgan fingerprint density at radius 2 is 1.88 bits per heavy atom. The lowest BCUT2D eigenvalue weighted by atomic mass is 10.0. The molecule has 0 unspecified atom stereocenters. The Morgan fingerprint density at radius 1 is 1.15 bits per heavy atom. The maximum absolute atomic E-state index is 13.4. The Hall–Kier alpha value is -3.33. The highest BCUT2D eigenvalue weighted by Crippen LogP contribution is 2.28. The number of hydrogen-bond donors (Lipinski definition) is 0. The van der Waals surface area contributed by atoms with Crippen LogP contribution >= 0.6 is 0 Å². The molecule has 178 valence electrons. The molecule has 0 bridgehead atoms. The molecule has 2 aromatic heterocycles. The maximum atomic E-state index is 13.4. The summed E-state index contributed by atoms with van der Waals surface area (Å²) in [5, 5.41) is 4.64. The number of hydrogen-bond acceptors (Lipinski definition) is 5. The number of fused-ring (bicyclic) bond motifs is 2. The molecule has 0 aliphatic carbocycles. The Kier molecular flexibility index (Phi) is 5.59. The van der Waals surface area contributed by atoms with E-state index in [1.54, 1.807) is 32.6 Å². The molecule has 0 spiro atoms. The molecule has 0 saturated carbocycles. The third kappa shape index (κ3) is 3.83. The van der Waals surface area contributed by atoms with E-state index in [1.807, 2.05) is 19.9 Å². The second-order valence-electron chi connectivity index (χ2n) is 9.58. The van der Waals surface area contributed by atoms with Gasteiger partial charge in [-0.05, 0) is 42.2 Å². The van der Waals surface area contributed by atoms with Gasteiger partial charge in [0.05, 0.1) is 18.4 Å². The molecule has 34 heavy (non-hydrogen) atoms. The first kappa shape index (κ1) is 22.5. The topological polar surface area (TPSA) is 80.0 Å². The zero-order valence-electron chi connectivity index (χ0n) is 19.7. The van der Waals surface area contributed by atoms with Crippen molar-refractivity contribution in [3.63, 3.8) is 0 Å². The van der Waals surface area contributed by atoms with Gasteiger partial charge < -0.3 is 14.5 Å². The number of aromatic nitrogens is 3. The number of nitrogens with zero attached hydrogens (tertiary/aromatic N) is 5. The molecule has 2 fully saturated rings. The standard InChI is InChI=1S/C25H28FN5O3/c1-14(2)18-11-19(16-5-7-17(26)8-6-16)28-31-12-20(27-23(18)31)24(32)29-9-10-30-21(13-29)34-22(15(3)4)25(30)33/h5-8,11-12,14-15,21-22H,9-10,13H2,1-4H3/t21-,22+/m0/s1. The molecule has 2 amide bonds. The molecule has 2 aliphatic rings. The van der Waals surface area contributed by atoms with Crippen molar-refractivity contribution in [1.82, 2.24) is 24.4 Å². The predicted molar refractivity (Wildman–Crippen MR) is 124 cm³/mol. The molecule has 3 aromatic rings. The number of rotatable bonds is 4. The highest BCUT2D eigenvalue weighted by Gasteiger charge is 2.45. The molecule has 2 saturated heterocycles. The molecular formula is C25H28FN5O3. The number of halogens is 1. The van der Waals surface area contributed by atoms with Gasteiger partial charge in [0.25, 0.3) is 11.8 Å². The van der Waals surface area contributed by atoms with E-state index < -0.39 is 12.3 Å². The average molecular weight is 466 g/mol. The molecular weight excluding hydrogens is 437 g/mol. The van der Waals surface area contributed by atoms with Gasteiger partial charge in [-0.25, -0.2) is 13.9 Å². The summed E-state index contributed by atoms with van der Waals surface area (Å²) in [5.74, 6) is -0.302. The van der Waals surface area contributed by atoms with E-state index in [-0.39, 0.29) is 29.5 Å². The van der Waals surface area contributed by atoms with Crippen molar-refractivity contribution in [3.8, 4) is 11.3 Å². The van der Waals surface area contributed by atoms with Crippen LogP contribution in [0, 0.1) is 11.7 Å². The number of amides is 2. The third-order valence-electron chi connectivity index (χ3n) is 6.49. The Balaban J connectivity index is 1.44. The van der Waals surface area contributed by atoms with Crippen LogP contribution in [0.5, 0.6) is 0 Å². The second-order valence-corrected chi connectivity index (χ2v) is 9.58. The van der Waals surface area contributed by atoms with Gasteiger partial charge in [0, 0.05) is 24.2 Å². The van der Waals surface area contributed by atoms with Crippen LogP contribution in [0.3, 0.4) is 0 Å². The smallest absolute Gasteiger partial charge is 0.274 e. The van der Waals surface area contributed by atoms with E-state index in [0.29, 0.717) is 36.7 Å². The highest BCUT2D eigenvalue weighted by atomic mass is 19.1. The average Bonchev–Trinajstić information content (AvgIpc) is 3.39.